The van der Waals surface area contributed by atoms with Gasteiger partial charge in [0.1, 0.15) is 0 Å². The highest BCUT2D eigenvalue weighted by Crippen LogP contribution is 2.25. The molecule has 2 aromatic rings. The monoisotopic (exact) mass is 355 g/mol. The van der Waals surface area contributed by atoms with Crippen LogP contribution in [0.3, 0.4) is 0 Å². The Labute approximate surface area is 145 Å². The average molecular weight is 356 g/mol. The molecule has 1 heterocycles. The largest absolute Gasteiger partial charge is 0.426 e. The van der Waals surface area contributed by atoms with E-state index in [-0.39, 0.29) is 6.73 Å². The van der Waals surface area contributed by atoms with Crippen LogP contribution in [0.25, 0.3) is 0 Å². The maximum Gasteiger partial charge on any atom is 0.406 e. The molecule has 0 bridgehead atoms. The lowest BCUT2D eigenvalue weighted by Gasteiger charge is -2.08. The number of amides is 1. The fourth-order valence-corrected chi connectivity index (χ4v) is 3.19. The molecule has 0 unspecified atom stereocenters. The zero-order valence-corrected chi connectivity index (χ0v) is 14.6. The Morgan fingerprint density at radius 2 is 1.87 bits per heavy atom. The first-order valence-corrected chi connectivity index (χ1v) is 8.14. The summed E-state index contributed by atoms with van der Waals surface area (Å²) in [6.45, 7) is 4.09. The molecule has 0 radical (unpaired) electrons. The van der Waals surface area contributed by atoms with Gasteiger partial charge in [-0.1, -0.05) is 37.0 Å². The van der Waals surface area contributed by atoms with E-state index in [1.807, 2.05) is 26.0 Å². The number of aryl methyl sites for hydroxylation is 1. The summed E-state index contributed by atoms with van der Waals surface area (Å²) in [5, 5.41) is 5.74. The van der Waals surface area contributed by atoms with Crippen molar-refractivity contribution in [3.05, 3.63) is 50.8 Å². The molecule has 0 saturated carbocycles. The highest BCUT2D eigenvalue weighted by molar-refractivity contribution is 6.34. The Balaban J connectivity index is 2.37. The second-order valence-corrected chi connectivity index (χ2v) is 6.00. The number of primary amides is 1. The Hall–Kier alpha value is -1.72. The van der Waals surface area contributed by atoms with Crippen LogP contribution in [0.2, 0.25) is 10.0 Å². The number of carbonyl (C=O) groups is 1. The third-order valence-electron chi connectivity index (χ3n) is 3.55. The van der Waals surface area contributed by atoms with Crippen molar-refractivity contribution in [2.75, 3.05) is 0 Å². The van der Waals surface area contributed by atoms with E-state index in [0.29, 0.717) is 16.5 Å². The Morgan fingerprint density at radius 3 is 2.39 bits per heavy atom. The number of carbonyl (C=O) groups excluding carboxylic acids is 1. The van der Waals surface area contributed by atoms with Crippen LogP contribution in [0.15, 0.2) is 18.2 Å². The van der Waals surface area contributed by atoms with Crippen molar-refractivity contribution in [2.45, 2.75) is 39.8 Å². The lowest BCUT2D eigenvalue weighted by atomic mass is 10.0. The van der Waals surface area contributed by atoms with Crippen LogP contribution >= 0.6 is 23.2 Å². The summed E-state index contributed by atoms with van der Waals surface area (Å²) in [6.07, 6.45) is 1.39. The van der Waals surface area contributed by atoms with Gasteiger partial charge in [-0.05, 0) is 36.6 Å². The lowest BCUT2D eigenvalue weighted by Crippen LogP contribution is -2.17. The average Bonchev–Trinajstić information content (AvgIpc) is 2.80. The predicted molar refractivity (Wildman–Crippen MR) is 90.9 cm³/mol. The van der Waals surface area contributed by atoms with Gasteiger partial charge in [-0.3, -0.25) is 0 Å². The third kappa shape index (κ3) is 4.39. The van der Waals surface area contributed by atoms with Gasteiger partial charge < -0.3 is 10.5 Å². The third-order valence-corrected chi connectivity index (χ3v) is 3.99. The summed E-state index contributed by atoms with van der Waals surface area (Å²) < 4.78 is 6.55. The van der Waals surface area contributed by atoms with Gasteiger partial charge in [0.15, 0.2) is 6.73 Å². The maximum absolute atomic E-state index is 10.8. The van der Waals surface area contributed by atoms with Crippen molar-refractivity contribution in [1.82, 2.24) is 9.78 Å². The van der Waals surface area contributed by atoms with Gasteiger partial charge in [-0.15, -0.1) is 0 Å². The first kappa shape index (κ1) is 17.6. The maximum atomic E-state index is 10.8. The van der Waals surface area contributed by atoms with E-state index >= 15 is 0 Å². The second-order valence-electron chi connectivity index (χ2n) is 5.13. The molecule has 0 aliphatic heterocycles. The molecule has 7 heteroatoms. The molecule has 0 saturated heterocycles. The van der Waals surface area contributed by atoms with E-state index in [2.05, 4.69) is 5.10 Å². The SMILES string of the molecule is CCc1nn(COC(N)=O)c(CC)c1Cc1cc(Cl)cc(Cl)c1. The summed E-state index contributed by atoms with van der Waals surface area (Å²) >= 11 is 12.2. The number of halogens is 2. The molecule has 2 N–H and O–H groups in total. The molecule has 1 amide bonds. The van der Waals surface area contributed by atoms with Gasteiger partial charge in [-0.2, -0.15) is 5.10 Å². The number of nitrogens with two attached hydrogens (primary N) is 1. The van der Waals surface area contributed by atoms with Crippen LogP contribution in [0, 0.1) is 0 Å². The lowest BCUT2D eigenvalue weighted by molar-refractivity contribution is 0.115. The van der Waals surface area contributed by atoms with Crippen LogP contribution in [0.4, 0.5) is 4.79 Å². The first-order valence-electron chi connectivity index (χ1n) is 7.39. The number of hydrogen-bond donors (Lipinski definition) is 1. The second kappa shape index (κ2) is 7.70. The van der Waals surface area contributed by atoms with Gasteiger partial charge in [0.25, 0.3) is 0 Å². The number of hydrogen-bond acceptors (Lipinski definition) is 3. The fraction of sp³-hybridized carbons (Fsp3) is 0.375. The zero-order chi connectivity index (χ0) is 17.0. The van der Waals surface area contributed by atoms with Crippen LogP contribution in [-0.4, -0.2) is 15.9 Å². The van der Waals surface area contributed by atoms with Crippen molar-refractivity contribution in [3.8, 4) is 0 Å². The minimum Gasteiger partial charge on any atom is -0.426 e. The summed E-state index contributed by atoms with van der Waals surface area (Å²) in [4.78, 5) is 10.8. The zero-order valence-electron chi connectivity index (χ0n) is 13.1. The van der Waals surface area contributed by atoms with Gasteiger partial charge in [0.2, 0.25) is 0 Å². The molecule has 23 heavy (non-hydrogen) atoms. The summed E-state index contributed by atoms with van der Waals surface area (Å²) in [5.74, 6) is 0. The molecule has 0 aliphatic carbocycles. The molecular formula is C16H19Cl2N3O2. The van der Waals surface area contributed by atoms with E-state index in [4.69, 9.17) is 33.7 Å². The summed E-state index contributed by atoms with van der Waals surface area (Å²) in [5.41, 5.74) is 9.14. The molecule has 1 aromatic carbocycles. The molecule has 0 aliphatic rings. The predicted octanol–water partition coefficient (Wildman–Crippen LogP) is 3.96. The highest BCUT2D eigenvalue weighted by Gasteiger charge is 2.17. The van der Waals surface area contributed by atoms with E-state index < -0.39 is 6.09 Å². The number of nitrogens with zero attached hydrogens (tertiary/aromatic N) is 2. The van der Waals surface area contributed by atoms with Crippen LogP contribution in [0.1, 0.15) is 36.4 Å². The molecule has 2 rings (SSSR count). The van der Waals surface area contributed by atoms with E-state index in [1.165, 1.54) is 0 Å². The standard InChI is InChI=1S/C16H19Cl2N3O2/c1-3-14-13(7-10-5-11(17)8-12(18)6-10)15(4-2)21(20-14)9-23-16(19)22/h5-6,8H,3-4,7,9H2,1-2H3,(H2,19,22). The van der Waals surface area contributed by atoms with Gasteiger partial charge in [0, 0.05) is 27.7 Å². The molecule has 0 spiro atoms. The van der Waals surface area contributed by atoms with Gasteiger partial charge in [0.05, 0.1) is 5.69 Å². The first-order chi connectivity index (χ1) is 10.9. The van der Waals surface area contributed by atoms with Crippen LogP contribution in [0.5, 0.6) is 0 Å². The number of rotatable bonds is 6. The molecule has 1 aromatic heterocycles. The summed E-state index contributed by atoms with van der Waals surface area (Å²) in [6, 6.07) is 5.49. The molecular weight excluding hydrogens is 337 g/mol. The number of benzene rings is 1. The normalized spacial score (nSPS) is 10.8. The van der Waals surface area contributed by atoms with E-state index in [1.54, 1.807) is 10.7 Å². The Kier molecular flexibility index (Phi) is 5.91. The minimum atomic E-state index is -0.816. The van der Waals surface area contributed by atoms with Crippen molar-refractivity contribution in [1.29, 1.82) is 0 Å². The molecule has 0 atom stereocenters. The quantitative estimate of drug-likeness (QED) is 0.852. The van der Waals surface area contributed by atoms with Gasteiger partial charge in [-0.25, -0.2) is 9.48 Å². The smallest absolute Gasteiger partial charge is 0.406 e. The molecule has 124 valence electrons. The van der Waals surface area contributed by atoms with Gasteiger partial charge >= 0.3 is 6.09 Å². The highest BCUT2D eigenvalue weighted by atomic mass is 35.5. The van der Waals surface area contributed by atoms with E-state index in [9.17, 15) is 4.79 Å². The minimum absolute atomic E-state index is 0.0157. The number of ether oxygens (including phenoxy) is 1. The Bertz CT molecular complexity index is 693. The Morgan fingerprint density at radius 1 is 1.22 bits per heavy atom. The molecule has 0 fully saturated rings. The molecule has 5 nitrogen and oxygen atoms in total. The van der Waals surface area contributed by atoms with Crippen molar-refractivity contribution in [3.63, 3.8) is 0 Å². The van der Waals surface area contributed by atoms with Crippen molar-refractivity contribution < 1.29 is 9.53 Å². The van der Waals surface area contributed by atoms with Crippen molar-refractivity contribution >= 4 is 29.3 Å². The summed E-state index contributed by atoms with van der Waals surface area (Å²) in [7, 11) is 0. The number of aromatic nitrogens is 2. The fourth-order valence-electron chi connectivity index (χ4n) is 2.62. The van der Waals surface area contributed by atoms with Crippen LogP contribution in [-0.2, 0) is 30.7 Å². The van der Waals surface area contributed by atoms with Crippen LogP contribution < -0.4 is 5.73 Å². The van der Waals surface area contributed by atoms with E-state index in [0.717, 1.165) is 35.4 Å². The topological polar surface area (TPSA) is 70.1 Å². The van der Waals surface area contributed by atoms with Crippen molar-refractivity contribution in [2.24, 2.45) is 5.73 Å².